The Bertz CT molecular complexity index is 1960. The molecule has 0 aliphatic carbocycles. The number of ether oxygens (including phenoxy) is 1. The zero-order valence-electron chi connectivity index (χ0n) is 29.8. The van der Waals surface area contributed by atoms with Gasteiger partial charge in [-0.15, -0.1) is 23.0 Å². The lowest BCUT2D eigenvalue weighted by Gasteiger charge is -2.29. The molecule has 0 saturated heterocycles. The topological polar surface area (TPSA) is 245 Å². The standard InChI is InChI=1S/C18H2.C17H26N4O6.H2N4O6.12H2/c1-3-5-7-9-11-13-15-17-18-16-14-12-10-8-6-4-2;1-12(2)20(13(3)4)17(23)27-14(5)19-9-6-7-15(11-19)16(22)18-8-10-26-21(24)25;1-2-3-4-6-8-10-9-7-5;;;;;;;;;;;;/h1-2H;6-7,9,11-14H,8,10H2,1-5H3;1,5H;12*1H/p+2/b;;2-1?,4-3+;;;;;;;;;;;;. The molecular formula is C35H56N8O12+2. The Balaban J connectivity index is -0.0000000521. The molecule has 0 aliphatic rings. The van der Waals surface area contributed by atoms with Crippen LogP contribution in [0.5, 0.6) is 0 Å². The largest absolute Gasteiger partial charge is 0.415 e. The van der Waals surface area contributed by atoms with Gasteiger partial charge in [0.15, 0.2) is 12.4 Å². The summed E-state index contributed by atoms with van der Waals surface area (Å²) >= 11 is 0. The van der Waals surface area contributed by atoms with Gasteiger partial charge in [0.2, 0.25) is 0 Å². The number of terminal acetylenes is 2. The third-order valence-corrected chi connectivity index (χ3v) is 4.87. The Kier molecular flexibility index (Phi) is 30.7. The van der Waals surface area contributed by atoms with E-state index in [1.165, 1.54) is 6.20 Å². The van der Waals surface area contributed by atoms with Crippen molar-refractivity contribution < 1.29 is 76.3 Å². The number of hydrogen-bond acceptors (Lipinski definition) is 13. The first-order valence-electron chi connectivity index (χ1n) is 14.7. The van der Waals surface area contributed by atoms with Gasteiger partial charge < -0.3 is 19.8 Å². The maximum Gasteiger partial charge on any atom is 0.415 e. The lowest BCUT2D eigenvalue weighted by atomic mass is 10.2. The van der Waals surface area contributed by atoms with Gasteiger partial charge in [0.25, 0.3) is 11.0 Å². The van der Waals surface area contributed by atoms with Crippen molar-refractivity contribution in [3.05, 3.63) is 40.2 Å². The highest BCUT2D eigenvalue weighted by atomic mass is 17.8. The van der Waals surface area contributed by atoms with Gasteiger partial charge in [-0.25, -0.2) is 10.1 Å². The molecule has 0 aromatic carbocycles. The summed E-state index contributed by atoms with van der Waals surface area (Å²) in [5.41, 5.74) is 6.35. The van der Waals surface area contributed by atoms with Crippen molar-refractivity contribution in [1.82, 2.24) is 10.2 Å². The van der Waals surface area contributed by atoms with E-state index in [0.717, 1.165) is 0 Å². The average molecular weight is 781 g/mol. The SMILES string of the molecule is C#CC#CC#CC#CC#CC#CC#CC#CC#C.CC(C)N(C(=O)OC(C)[n+]1cccc(C(=O)NCCO[N+](=O)[O-])c1)C(C)C.N=N/N=N/OOOOO[OH2+].[HH].[HH].[HH].[HH].[HH].[HH].[HH].[HH].[HH].[HH].[HH].[HH]. The van der Waals surface area contributed by atoms with Crippen molar-refractivity contribution in [2.24, 2.45) is 15.7 Å². The molecular weight excluding hydrogens is 724 g/mol. The predicted octanol–water partition coefficient (Wildman–Crippen LogP) is 4.60. The van der Waals surface area contributed by atoms with Gasteiger partial charge >= 0.3 is 12.3 Å². The molecule has 0 bridgehead atoms. The van der Waals surface area contributed by atoms with Gasteiger partial charge in [0.05, 0.1) is 5.28 Å². The Morgan fingerprint density at radius 3 is 1.87 bits per heavy atom. The summed E-state index contributed by atoms with van der Waals surface area (Å²) in [4.78, 5) is 44.0. The summed E-state index contributed by atoms with van der Waals surface area (Å²) in [6.45, 7) is 9.10. The molecule has 1 heterocycles. The van der Waals surface area contributed by atoms with Crippen molar-refractivity contribution in [3.8, 4) is 108 Å². The summed E-state index contributed by atoms with van der Waals surface area (Å²) in [6, 6.07) is 3.22. The smallest absolute Gasteiger partial charge is 0.386 e. The first-order valence-corrected chi connectivity index (χ1v) is 14.7. The fourth-order valence-electron chi connectivity index (χ4n) is 3.06. The second-order valence-corrected chi connectivity index (χ2v) is 9.10. The molecule has 1 atom stereocenters. The second kappa shape index (κ2) is 34.4. The molecule has 0 fully saturated rings. The third-order valence-electron chi connectivity index (χ3n) is 4.87. The maximum absolute atomic E-state index is 12.4. The van der Waals surface area contributed by atoms with Crippen molar-refractivity contribution >= 4 is 12.0 Å². The number of carbonyl (C=O) groups is 2. The molecule has 0 aliphatic heterocycles. The molecule has 0 saturated carbocycles. The highest BCUT2D eigenvalue weighted by molar-refractivity contribution is 5.93. The lowest BCUT2D eigenvalue weighted by molar-refractivity contribution is -0.757. The minimum absolute atomic E-state index is 0. The van der Waals surface area contributed by atoms with Crippen LogP contribution in [0.4, 0.5) is 4.79 Å². The summed E-state index contributed by atoms with van der Waals surface area (Å²) in [7, 11) is 0. The normalized spacial score (nSPS) is 8.84. The lowest BCUT2D eigenvalue weighted by Crippen LogP contribution is -2.47. The molecule has 1 unspecified atom stereocenters. The molecule has 20 nitrogen and oxygen atoms in total. The van der Waals surface area contributed by atoms with E-state index in [-0.39, 0.29) is 42.4 Å². The number of pyridine rings is 1. The number of carbonyl (C=O) groups excluding carboxylic acids is 2. The second-order valence-electron chi connectivity index (χ2n) is 9.10. The molecule has 4 N–H and O–H groups in total. The van der Waals surface area contributed by atoms with Crippen LogP contribution in [0.3, 0.4) is 0 Å². The van der Waals surface area contributed by atoms with Crippen LogP contribution in [-0.2, 0) is 34.7 Å². The van der Waals surface area contributed by atoms with Gasteiger partial charge in [-0.2, -0.15) is 15.1 Å². The zero-order valence-corrected chi connectivity index (χ0v) is 29.8. The van der Waals surface area contributed by atoms with Crippen LogP contribution in [0.15, 0.2) is 40.3 Å². The number of nitrogens with zero attached hydrogens (tertiary/aromatic N) is 6. The monoisotopic (exact) mass is 780 g/mol. The molecule has 0 spiro atoms. The van der Waals surface area contributed by atoms with E-state index in [2.05, 4.69) is 146 Å². The number of rotatable bonds is 15. The molecule has 55 heavy (non-hydrogen) atoms. The fourth-order valence-corrected chi connectivity index (χ4v) is 3.06. The Labute approximate surface area is 334 Å². The van der Waals surface area contributed by atoms with E-state index in [9.17, 15) is 19.7 Å². The summed E-state index contributed by atoms with van der Waals surface area (Å²) in [5.74, 6) is 37.8. The summed E-state index contributed by atoms with van der Waals surface area (Å²) in [5, 5.41) is 38.5. The number of amides is 2. The van der Waals surface area contributed by atoms with Gasteiger partial charge in [-0.05, 0) is 134 Å². The number of aromatic nitrogens is 1. The zero-order chi connectivity index (χ0) is 41.5. The van der Waals surface area contributed by atoms with Gasteiger partial charge in [0, 0.05) is 69.1 Å². The Morgan fingerprint density at radius 1 is 0.927 bits per heavy atom. The average Bonchev–Trinajstić information content (AvgIpc) is 3.15. The van der Waals surface area contributed by atoms with Crippen LogP contribution < -0.4 is 9.88 Å². The maximum atomic E-state index is 12.4. The Hall–Kier alpha value is -8.07. The van der Waals surface area contributed by atoms with Crippen molar-refractivity contribution in [2.45, 2.75) is 52.9 Å². The van der Waals surface area contributed by atoms with Crippen LogP contribution in [0.1, 0.15) is 68.3 Å². The molecule has 306 valence electrons. The molecule has 20 heteroatoms. The van der Waals surface area contributed by atoms with E-state index in [0.29, 0.717) is 5.56 Å². The highest BCUT2D eigenvalue weighted by Crippen LogP contribution is 2.11. The van der Waals surface area contributed by atoms with E-state index < -0.39 is 23.3 Å². The predicted molar refractivity (Wildman–Crippen MR) is 212 cm³/mol. The first-order chi connectivity index (χ1) is 26.5. The number of nitrogens with one attached hydrogen (secondary N) is 2. The fraction of sp³-hybridized carbons (Fsp3) is 0.286. The van der Waals surface area contributed by atoms with Crippen LogP contribution in [0.2, 0.25) is 0 Å². The minimum atomic E-state index is -0.920. The van der Waals surface area contributed by atoms with Gasteiger partial charge in [-0.3, -0.25) is 4.79 Å². The number of hydrogen-bond donors (Lipinski definition) is 2. The highest BCUT2D eigenvalue weighted by Gasteiger charge is 2.26. The molecule has 1 aromatic heterocycles. The molecule has 2 amide bonds. The van der Waals surface area contributed by atoms with Crippen LogP contribution in [0.25, 0.3) is 0 Å². The summed E-state index contributed by atoms with van der Waals surface area (Å²) in [6.07, 6.45) is 11.9. The quantitative estimate of drug-likeness (QED) is 0.0364. The van der Waals surface area contributed by atoms with Crippen LogP contribution >= 0.6 is 0 Å². The molecule has 0 radical (unpaired) electrons. The van der Waals surface area contributed by atoms with Gasteiger partial charge in [0.1, 0.15) is 17.2 Å². The van der Waals surface area contributed by atoms with Crippen molar-refractivity contribution in [2.75, 3.05) is 13.2 Å². The van der Waals surface area contributed by atoms with Gasteiger partial charge in [-0.1, -0.05) is 0 Å². The van der Waals surface area contributed by atoms with E-state index >= 15 is 0 Å². The van der Waals surface area contributed by atoms with E-state index in [1.807, 2.05) is 27.7 Å². The minimum Gasteiger partial charge on any atom is -0.386 e. The van der Waals surface area contributed by atoms with E-state index in [4.69, 9.17) is 28.4 Å². The molecule has 1 aromatic rings. The van der Waals surface area contributed by atoms with Crippen molar-refractivity contribution in [1.29, 1.82) is 5.53 Å². The molecule has 1 rings (SSSR count). The summed E-state index contributed by atoms with van der Waals surface area (Å²) < 4.78 is 7.10. The first kappa shape index (κ1) is 49.0. The van der Waals surface area contributed by atoms with Crippen LogP contribution in [0, 0.1) is 123 Å². The van der Waals surface area contributed by atoms with E-state index in [1.54, 1.807) is 34.7 Å². The third kappa shape index (κ3) is 29.4. The van der Waals surface area contributed by atoms with Crippen LogP contribution in [-0.4, -0.2) is 52.5 Å². The Morgan fingerprint density at radius 2 is 1.44 bits per heavy atom. The van der Waals surface area contributed by atoms with Crippen molar-refractivity contribution in [3.63, 3.8) is 0 Å².